The molecule has 0 aliphatic carbocycles. The Hall–Kier alpha value is -1.76. The fourth-order valence-electron chi connectivity index (χ4n) is 1.22. The van der Waals surface area contributed by atoms with Gasteiger partial charge in [-0.25, -0.2) is 17.6 Å². The maximum absolute atomic E-state index is 13.2. The van der Waals surface area contributed by atoms with Gasteiger partial charge in [0.2, 0.25) is 0 Å². The van der Waals surface area contributed by atoms with E-state index in [1.54, 1.807) is 0 Å². The second kappa shape index (κ2) is 5.26. The number of carbonyl (C=O) groups is 2. The maximum atomic E-state index is 13.2. The van der Waals surface area contributed by atoms with Crippen LogP contribution in [0.15, 0.2) is 23.1 Å². The van der Waals surface area contributed by atoms with Gasteiger partial charge in [-0.05, 0) is 25.1 Å². The van der Waals surface area contributed by atoms with E-state index in [1.165, 1.54) is 6.92 Å². The molecule has 0 saturated heterocycles. The molecule has 0 unspecified atom stereocenters. The van der Waals surface area contributed by atoms with E-state index in [1.807, 2.05) is 0 Å². The highest BCUT2D eigenvalue weighted by molar-refractivity contribution is 7.90. The zero-order valence-electron chi connectivity index (χ0n) is 9.77. The predicted octanol–water partition coefficient (Wildman–Crippen LogP) is 0.975. The van der Waals surface area contributed by atoms with Crippen LogP contribution in [-0.4, -0.2) is 33.0 Å². The summed E-state index contributed by atoms with van der Waals surface area (Å²) in [6.07, 6.45) is 0.875. The second-order valence-corrected chi connectivity index (χ2v) is 5.51. The van der Waals surface area contributed by atoms with Gasteiger partial charge in [-0.1, -0.05) is 0 Å². The average molecular weight is 274 g/mol. The number of benzene rings is 1. The summed E-state index contributed by atoms with van der Waals surface area (Å²) in [4.78, 5) is 22.3. The molecule has 0 spiro atoms. The lowest BCUT2D eigenvalue weighted by Crippen LogP contribution is -2.18. The second-order valence-electron chi connectivity index (χ2n) is 3.50. The Morgan fingerprint density at radius 3 is 2.39 bits per heavy atom. The summed E-state index contributed by atoms with van der Waals surface area (Å²) in [5, 5.41) is 0. The van der Waals surface area contributed by atoms with Gasteiger partial charge in [-0.15, -0.1) is 0 Å². The number of ketones is 1. The van der Waals surface area contributed by atoms with Crippen LogP contribution in [0.1, 0.15) is 17.3 Å². The molecule has 18 heavy (non-hydrogen) atoms. The van der Waals surface area contributed by atoms with Crippen LogP contribution in [0.2, 0.25) is 0 Å². The van der Waals surface area contributed by atoms with Crippen molar-refractivity contribution in [2.75, 3.05) is 12.9 Å². The Morgan fingerprint density at radius 2 is 1.89 bits per heavy atom. The van der Waals surface area contributed by atoms with Crippen molar-refractivity contribution >= 4 is 21.6 Å². The molecular weight excluding hydrogens is 263 g/mol. The number of halogens is 1. The molecule has 0 fully saturated rings. The van der Waals surface area contributed by atoms with E-state index in [0.717, 1.165) is 24.5 Å². The lowest BCUT2D eigenvalue weighted by molar-refractivity contribution is -0.137. The van der Waals surface area contributed by atoms with Crippen molar-refractivity contribution in [3.63, 3.8) is 0 Å². The first kappa shape index (κ1) is 14.3. The summed E-state index contributed by atoms with van der Waals surface area (Å²) in [6, 6.07) is 2.50. The molecule has 0 aromatic heterocycles. The third kappa shape index (κ3) is 3.36. The predicted molar refractivity (Wildman–Crippen MR) is 60.5 cm³/mol. The number of hydrogen-bond donors (Lipinski definition) is 0. The number of esters is 1. The largest absolute Gasteiger partial charge is 0.460 e. The summed E-state index contributed by atoms with van der Waals surface area (Å²) in [5.74, 6) is -3.14. The van der Waals surface area contributed by atoms with Gasteiger partial charge in [0.1, 0.15) is 5.82 Å². The van der Waals surface area contributed by atoms with E-state index in [0.29, 0.717) is 0 Å². The van der Waals surface area contributed by atoms with E-state index >= 15 is 0 Å². The fraction of sp³-hybridized carbons (Fsp3) is 0.273. The third-order valence-electron chi connectivity index (χ3n) is 2.02. The Morgan fingerprint density at radius 1 is 1.28 bits per heavy atom. The lowest BCUT2D eigenvalue weighted by atomic mass is 10.1. The van der Waals surface area contributed by atoms with E-state index in [-0.39, 0.29) is 17.1 Å². The third-order valence-corrected chi connectivity index (χ3v) is 3.11. The first-order valence-corrected chi connectivity index (χ1v) is 6.87. The van der Waals surface area contributed by atoms with Crippen molar-refractivity contribution in [2.45, 2.75) is 11.8 Å². The minimum Gasteiger partial charge on any atom is -0.460 e. The zero-order chi connectivity index (χ0) is 13.9. The number of hydrogen-bond acceptors (Lipinski definition) is 5. The molecule has 0 aliphatic heterocycles. The molecule has 1 aromatic rings. The van der Waals surface area contributed by atoms with Crippen molar-refractivity contribution in [1.29, 1.82) is 0 Å². The van der Waals surface area contributed by atoms with Crippen LogP contribution in [0.4, 0.5) is 4.39 Å². The molecule has 7 heteroatoms. The zero-order valence-corrected chi connectivity index (χ0v) is 10.6. The highest BCUT2D eigenvalue weighted by Gasteiger charge is 2.20. The van der Waals surface area contributed by atoms with Gasteiger partial charge in [0, 0.05) is 11.8 Å². The van der Waals surface area contributed by atoms with Crippen LogP contribution in [0.25, 0.3) is 0 Å². The van der Waals surface area contributed by atoms with E-state index in [9.17, 15) is 22.4 Å². The maximum Gasteiger partial charge on any atom is 0.379 e. The standard InChI is InChI=1S/C11H11FO5S/c1-3-17-11(14)10(13)7-4-8(12)6-9(5-7)18(2,15)16/h4-6H,3H2,1-2H3. The van der Waals surface area contributed by atoms with Gasteiger partial charge in [-0.3, -0.25) is 4.79 Å². The Balaban J connectivity index is 3.23. The first-order chi connectivity index (χ1) is 8.25. The Bertz CT molecular complexity index is 591. The highest BCUT2D eigenvalue weighted by atomic mass is 32.2. The van der Waals surface area contributed by atoms with Gasteiger partial charge in [0.05, 0.1) is 11.5 Å². The van der Waals surface area contributed by atoms with E-state index < -0.39 is 27.4 Å². The van der Waals surface area contributed by atoms with Gasteiger partial charge >= 0.3 is 5.97 Å². The van der Waals surface area contributed by atoms with Crippen molar-refractivity contribution in [2.24, 2.45) is 0 Å². The van der Waals surface area contributed by atoms with Gasteiger partial charge in [-0.2, -0.15) is 0 Å². The smallest absolute Gasteiger partial charge is 0.379 e. The van der Waals surface area contributed by atoms with Crippen LogP contribution in [0.5, 0.6) is 0 Å². The minimum atomic E-state index is -3.66. The molecule has 0 N–H and O–H groups in total. The van der Waals surface area contributed by atoms with Crippen LogP contribution in [0, 0.1) is 5.82 Å². The molecular formula is C11H11FO5S. The molecule has 0 bridgehead atoms. The quantitative estimate of drug-likeness (QED) is 0.464. The van der Waals surface area contributed by atoms with Gasteiger partial charge in [0.15, 0.2) is 9.84 Å². The summed E-state index contributed by atoms with van der Waals surface area (Å²) in [5.41, 5.74) is -0.353. The van der Waals surface area contributed by atoms with Crippen molar-refractivity contribution in [1.82, 2.24) is 0 Å². The van der Waals surface area contributed by atoms with Crippen molar-refractivity contribution in [3.05, 3.63) is 29.6 Å². The summed E-state index contributed by atoms with van der Waals surface area (Å²) in [7, 11) is -3.66. The lowest BCUT2D eigenvalue weighted by Gasteiger charge is -2.04. The molecule has 1 rings (SSSR count). The monoisotopic (exact) mass is 274 g/mol. The number of carbonyl (C=O) groups excluding carboxylic acids is 2. The number of rotatable bonds is 4. The molecule has 1 aromatic carbocycles. The van der Waals surface area contributed by atoms with Crippen LogP contribution < -0.4 is 0 Å². The van der Waals surface area contributed by atoms with E-state index in [2.05, 4.69) is 4.74 Å². The van der Waals surface area contributed by atoms with Gasteiger partial charge in [0.25, 0.3) is 5.78 Å². The molecule has 98 valence electrons. The van der Waals surface area contributed by atoms with Gasteiger partial charge < -0.3 is 4.74 Å². The van der Waals surface area contributed by atoms with Crippen molar-refractivity contribution < 1.29 is 27.1 Å². The van der Waals surface area contributed by atoms with Crippen LogP contribution >= 0.6 is 0 Å². The number of Topliss-reactive ketones (excluding diaryl/α,β-unsaturated/α-hetero) is 1. The number of ether oxygens (including phenoxy) is 1. The minimum absolute atomic E-state index is 0.00117. The Kier molecular flexibility index (Phi) is 4.18. The SMILES string of the molecule is CCOC(=O)C(=O)c1cc(F)cc(S(C)(=O)=O)c1. The summed E-state index contributed by atoms with van der Waals surface area (Å²) in [6.45, 7) is 1.51. The average Bonchev–Trinajstić information content (AvgIpc) is 2.26. The molecule has 0 aliphatic rings. The van der Waals surface area contributed by atoms with Crippen LogP contribution in [0.3, 0.4) is 0 Å². The van der Waals surface area contributed by atoms with Crippen molar-refractivity contribution in [3.8, 4) is 0 Å². The molecule has 0 radical (unpaired) electrons. The molecule has 5 nitrogen and oxygen atoms in total. The topological polar surface area (TPSA) is 77.5 Å². The summed E-state index contributed by atoms with van der Waals surface area (Å²) >= 11 is 0. The fourth-order valence-corrected chi connectivity index (χ4v) is 1.89. The number of sulfone groups is 1. The molecule has 0 saturated carbocycles. The highest BCUT2D eigenvalue weighted by Crippen LogP contribution is 2.15. The van der Waals surface area contributed by atoms with E-state index in [4.69, 9.17) is 0 Å². The Labute approximate surface area is 103 Å². The summed E-state index contributed by atoms with van der Waals surface area (Å²) < 4.78 is 40.2. The molecule has 0 heterocycles. The molecule has 0 atom stereocenters. The normalized spacial score (nSPS) is 11.1. The van der Waals surface area contributed by atoms with Crippen LogP contribution in [-0.2, 0) is 19.4 Å². The first-order valence-electron chi connectivity index (χ1n) is 4.97. The molecule has 0 amide bonds.